The van der Waals surface area contributed by atoms with Crippen molar-refractivity contribution in [1.82, 2.24) is 10.2 Å². The summed E-state index contributed by atoms with van der Waals surface area (Å²) < 4.78 is 13.1. The predicted molar refractivity (Wildman–Crippen MR) is 129 cm³/mol. The van der Waals surface area contributed by atoms with Crippen LogP contribution in [0, 0.1) is 5.82 Å². The van der Waals surface area contributed by atoms with E-state index in [-0.39, 0.29) is 29.4 Å². The molecular weight excluding hydrogens is 447 g/mol. The van der Waals surface area contributed by atoms with E-state index >= 15 is 0 Å². The zero-order chi connectivity index (χ0) is 22.9. The smallest absolute Gasteiger partial charge is 0.242 e. The minimum Gasteiger partial charge on any atom is -0.352 e. The third kappa shape index (κ3) is 7.52. The summed E-state index contributed by atoms with van der Waals surface area (Å²) in [5.74, 6) is 0.332. The van der Waals surface area contributed by atoms with Crippen molar-refractivity contribution in [1.29, 1.82) is 0 Å². The highest BCUT2D eigenvalue weighted by Gasteiger charge is 2.28. The summed E-state index contributed by atoms with van der Waals surface area (Å²) in [4.78, 5) is 27.7. The van der Waals surface area contributed by atoms with E-state index in [1.54, 1.807) is 30.0 Å². The van der Waals surface area contributed by atoms with Crippen molar-refractivity contribution in [3.05, 3.63) is 70.5 Å². The van der Waals surface area contributed by atoms with Gasteiger partial charge in [0.1, 0.15) is 11.9 Å². The van der Waals surface area contributed by atoms with Crippen LogP contribution < -0.4 is 5.32 Å². The lowest BCUT2D eigenvalue weighted by Gasteiger charge is -2.31. The van der Waals surface area contributed by atoms with Gasteiger partial charge in [0.05, 0.1) is 5.75 Å². The van der Waals surface area contributed by atoms with E-state index in [4.69, 9.17) is 11.6 Å². The third-order valence-electron chi connectivity index (χ3n) is 5.77. The van der Waals surface area contributed by atoms with Crippen molar-refractivity contribution >= 4 is 35.2 Å². The van der Waals surface area contributed by atoms with E-state index in [1.165, 1.54) is 30.3 Å². The standard InChI is InChI=1S/C25H30ClFN2O2S/c1-18(25(31)28-23-8-3-2-4-9-23)29(15-20-6-5-7-21(26)14-20)24(30)17-32-16-19-10-12-22(27)13-11-19/h5-7,10-14,18,23H,2-4,8-9,15-17H2,1H3,(H,28,31)/t18-/m0/s1. The SMILES string of the molecule is C[C@@H](C(=O)NC1CCCCC1)N(Cc1cccc(Cl)c1)C(=O)CSCc1ccc(F)cc1. The van der Waals surface area contributed by atoms with Gasteiger partial charge in [0, 0.05) is 23.4 Å². The summed E-state index contributed by atoms with van der Waals surface area (Å²) in [7, 11) is 0. The number of halogens is 2. The molecule has 0 saturated heterocycles. The number of carbonyl (C=O) groups excluding carboxylic acids is 2. The molecule has 1 aliphatic rings. The summed E-state index contributed by atoms with van der Waals surface area (Å²) in [6.45, 7) is 2.10. The maximum Gasteiger partial charge on any atom is 0.242 e. The number of hydrogen-bond donors (Lipinski definition) is 1. The molecule has 3 rings (SSSR count). The van der Waals surface area contributed by atoms with E-state index < -0.39 is 6.04 Å². The Labute approximate surface area is 198 Å². The van der Waals surface area contributed by atoms with Crippen molar-refractivity contribution in [2.75, 3.05) is 5.75 Å². The lowest BCUT2D eigenvalue weighted by Crippen LogP contribution is -2.50. The van der Waals surface area contributed by atoms with Crippen molar-refractivity contribution < 1.29 is 14.0 Å². The van der Waals surface area contributed by atoms with Crippen LogP contribution in [0.2, 0.25) is 5.02 Å². The number of benzene rings is 2. The minimum absolute atomic E-state index is 0.108. The molecule has 1 aliphatic carbocycles. The Morgan fingerprint density at radius 3 is 2.53 bits per heavy atom. The van der Waals surface area contributed by atoms with E-state index in [2.05, 4.69) is 5.32 Å². The van der Waals surface area contributed by atoms with Gasteiger partial charge in [0.25, 0.3) is 0 Å². The molecule has 7 heteroatoms. The summed E-state index contributed by atoms with van der Waals surface area (Å²) in [6.07, 6.45) is 5.46. The fourth-order valence-electron chi connectivity index (χ4n) is 3.90. The lowest BCUT2D eigenvalue weighted by atomic mass is 9.95. The van der Waals surface area contributed by atoms with Gasteiger partial charge in [-0.3, -0.25) is 9.59 Å². The summed E-state index contributed by atoms with van der Waals surface area (Å²) in [5, 5.41) is 3.73. The molecule has 1 fully saturated rings. The van der Waals surface area contributed by atoms with E-state index in [0.717, 1.165) is 36.8 Å². The molecule has 0 bridgehead atoms. The Balaban J connectivity index is 1.64. The van der Waals surface area contributed by atoms with Gasteiger partial charge < -0.3 is 10.2 Å². The van der Waals surface area contributed by atoms with Gasteiger partial charge in [0.2, 0.25) is 11.8 Å². The summed E-state index contributed by atoms with van der Waals surface area (Å²) >= 11 is 7.58. The molecule has 1 N–H and O–H groups in total. The first kappa shape index (κ1) is 24.6. The molecule has 0 aromatic heterocycles. The van der Waals surface area contributed by atoms with Crippen LogP contribution in [0.3, 0.4) is 0 Å². The maximum absolute atomic E-state index is 13.1. The van der Waals surface area contributed by atoms with Gasteiger partial charge >= 0.3 is 0 Å². The van der Waals surface area contributed by atoms with Crippen molar-refractivity contribution in [2.45, 2.75) is 63.4 Å². The Morgan fingerprint density at radius 2 is 1.84 bits per heavy atom. The largest absolute Gasteiger partial charge is 0.352 e. The molecule has 0 unspecified atom stereocenters. The Kier molecular flexibility index (Phi) is 9.42. The first-order valence-corrected chi connectivity index (χ1v) is 12.6. The number of nitrogens with one attached hydrogen (secondary N) is 1. The minimum atomic E-state index is -0.588. The second kappa shape index (κ2) is 12.3. The first-order chi connectivity index (χ1) is 15.4. The van der Waals surface area contributed by atoms with Crippen LogP contribution in [0.15, 0.2) is 48.5 Å². The normalized spacial score (nSPS) is 15.2. The molecule has 0 aliphatic heterocycles. The van der Waals surface area contributed by atoms with Crippen molar-refractivity contribution in [3.63, 3.8) is 0 Å². The Hall–Kier alpha value is -2.05. The zero-order valence-electron chi connectivity index (χ0n) is 18.4. The van der Waals surface area contributed by atoms with Crippen LogP contribution in [0.4, 0.5) is 4.39 Å². The predicted octanol–water partition coefficient (Wildman–Crippen LogP) is 5.58. The molecule has 1 atom stereocenters. The highest BCUT2D eigenvalue weighted by molar-refractivity contribution is 7.99. The molecule has 0 spiro atoms. The number of rotatable bonds is 9. The molecule has 1 saturated carbocycles. The fourth-order valence-corrected chi connectivity index (χ4v) is 4.99. The summed E-state index contributed by atoms with van der Waals surface area (Å²) in [6, 6.07) is 13.2. The highest BCUT2D eigenvalue weighted by atomic mass is 35.5. The van der Waals surface area contributed by atoms with Gasteiger partial charge in [-0.15, -0.1) is 11.8 Å². The molecule has 0 radical (unpaired) electrons. The van der Waals surface area contributed by atoms with E-state index in [0.29, 0.717) is 17.3 Å². The van der Waals surface area contributed by atoms with Gasteiger partial charge in [-0.1, -0.05) is 55.1 Å². The molecule has 4 nitrogen and oxygen atoms in total. The molecule has 172 valence electrons. The van der Waals surface area contributed by atoms with Crippen molar-refractivity contribution in [2.24, 2.45) is 0 Å². The average molecular weight is 477 g/mol. The van der Waals surface area contributed by atoms with Crippen LogP contribution in [-0.4, -0.2) is 34.6 Å². The molecule has 2 aromatic carbocycles. The van der Waals surface area contributed by atoms with Gasteiger partial charge in [-0.05, 0) is 55.2 Å². The van der Waals surface area contributed by atoms with E-state index in [1.807, 2.05) is 18.2 Å². The number of carbonyl (C=O) groups is 2. The van der Waals surface area contributed by atoms with Gasteiger partial charge in [0.15, 0.2) is 0 Å². The molecular formula is C25H30ClFN2O2S. The maximum atomic E-state index is 13.1. The second-order valence-electron chi connectivity index (χ2n) is 8.29. The summed E-state index contributed by atoms with van der Waals surface area (Å²) in [5.41, 5.74) is 1.83. The van der Waals surface area contributed by atoms with Gasteiger partial charge in [-0.25, -0.2) is 4.39 Å². The monoisotopic (exact) mass is 476 g/mol. The highest BCUT2D eigenvalue weighted by Crippen LogP contribution is 2.20. The van der Waals surface area contributed by atoms with Crippen LogP contribution in [0.5, 0.6) is 0 Å². The average Bonchev–Trinajstić information content (AvgIpc) is 2.79. The van der Waals surface area contributed by atoms with Crippen LogP contribution in [-0.2, 0) is 21.9 Å². The van der Waals surface area contributed by atoms with Crippen LogP contribution >= 0.6 is 23.4 Å². The second-order valence-corrected chi connectivity index (χ2v) is 9.71. The number of hydrogen-bond acceptors (Lipinski definition) is 3. The Bertz CT molecular complexity index is 903. The number of thioether (sulfide) groups is 1. The van der Waals surface area contributed by atoms with Crippen LogP contribution in [0.25, 0.3) is 0 Å². The fraction of sp³-hybridized carbons (Fsp3) is 0.440. The quantitative estimate of drug-likeness (QED) is 0.514. The molecule has 32 heavy (non-hydrogen) atoms. The lowest BCUT2D eigenvalue weighted by molar-refractivity contribution is -0.139. The number of amides is 2. The topological polar surface area (TPSA) is 49.4 Å². The first-order valence-electron chi connectivity index (χ1n) is 11.1. The van der Waals surface area contributed by atoms with Gasteiger partial charge in [-0.2, -0.15) is 0 Å². The molecule has 0 heterocycles. The Morgan fingerprint density at radius 1 is 1.12 bits per heavy atom. The molecule has 2 aromatic rings. The van der Waals surface area contributed by atoms with E-state index in [9.17, 15) is 14.0 Å². The van der Waals surface area contributed by atoms with Crippen molar-refractivity contribution in [3.8, 4) is 0 Å². The zero-order valence-corrected chi connectivity index (χ0v) is 19.9. The third-order valence-corrected chi connectivity index (χ3v) is 6.99. The van der Waals surface area contributed by atoms with Crippen LogP contribution in [0.1, 0.15) is 50.2 Å². The molecule has 2 amide bonds. The number of nitrogens with zero attached hydrogens (tertiary/aromatic N) is 1.